The number of aliphatic hydroxyl groups is 1. The van der Waals surface area contributed by atoms with Gasteiger partial charge in [0.1, 0.15) is 0 Å². The van der Waals surface area contributed by atoms with Crippen LogP contribution in [0.4, 0.5) is 0 Å². The third kappa shape index (κ3) is 1.47. The molecule has 0 radical (unpaired) electrons. The summed E-state index contributed by atoms with van der Waals surface area (Å²) in [6.45, 7) is 0.862. The number of nitrogens with zero attached hydrogens (tertiary/aromatic N) is 1. The molecule has 26 heavy (non-hydrogen) atoms. The highest BCUT2D eigenvalue weighted by Crippen LogP contribution is 2.67. The molecule has 140 valence electrons. The van der Waals surface area contributed by atoms with Crippen molar-refractivity contribution < 1.29 is 24.1 Å². The molecule has 6 nitrogen and oxygen atoms in total. The maximum Gasteiger partial charge on any atom is 0.226 e. The maximum absolute atomic E-state index is 11.3. The molecule has 4 atom stereocenters. The summed E-state index contributed by atoms with van der Waals surface area (Å²) >= 11 is 0. The molecule has 1 aromatic carbocycles. The Labute approximate surface area is 153 Å². The molecule has 4 aliphatic rings. The van der Waals surface area contributed by atoms with Crippen LogP contribution in [-0.2, 0) is 21.3 Å². The second-order valence-electron chi connectivity index (χ2n) is 7.78. The van der Waals surface area contributed by atoms with Gasteiger partial charge in [-0.1, -0.05) is 12.1 Å². The third-order valence-corrected chi connectivity index (χ3v) is 7.24. The van der Waals surface area contributed by atoms with Crippen molar-refractivity contribution in [2.45, 2.75) is 41.8 Å². The molecule has 0 amide bonds. The predicted molar refractivity (Wildman–Crippen MR) is 94.7 cm³/mol. The Morgan fingerprint density at radius 1 is 1.19 bits per heavy atom. The fourth-order valence-corrected chi connectivity index (χ4v) is 6.12. The first-order chi connectivity index (χ1) is 12.5. The van der Waals surface area contributed by atoms with Crippen LogP contribution in [0.15, 0.2) is 24.3 Å². The fourth-order valence-electron chi connectivity index (χ4n) is 6.12. The Morgan fingerprint density at radius 2 is 1.96 bits per heavy atom. The lowest BCUT2D eigenvalue weighted by atomic mass is 9.52. The third-order valence-electron chi connectivity index (χ3n) is 7.24. The number of hydrogen-bond donors (Lipinski definition) is 1. The number of methoxy groups -OCH3 is 3. The van der Waals surface area contributed by atoms with Crippen LogP contribution in [0.3, 0.4) is 0 Å². The number of ether oxygens (including phenoxy) is 4. The fraction of sp³-hybridized carbons (Fsp3) is 0.600. The van der Waals surface area contributed by atoms with Gasteiger partial charge in [-0.15, -0.1) is 0 Å². The zero-order chi connectivity index (χ0) is 18.3. The molecule has 2 heterocycles. The average molecular weight is 359 g/mol. The molecule has 0 aromatic heterocycles. The van der Waals surface area contributed by atoms with Gasteiger partial charge in [-0.25, -0.2) is 0 Å². The lowest BCUT2D eigenvalue weighted by molar-refractivity contribution is -0.244. The van der Waals surface area contributed by atoms with E-state index in [4.69, 9.17) is 18.9 Å². The van der Waals surface area contributed by atoms with Crippen molar-refractivity contribution >= 4 is 0 Å². The summed E-state index contributed by atoms with van der Waals surface area (Å²) in [6, 6.07) is 3.98. The van der Waals surface area contributed by atoms with E-state index >= 15 is 0 Å². The quantitative estimate of drug-likeness (QED) is 0.647. The first-order valence-electron chi connectivity index (χ1n) is 9.07. The number of rotatable bonds is 3. The van der Waals surface area contributed by atoms with Gasteiger partial charge in [-0.3, -0.25) is 4.90 Å². The summed E-state index contributed by atoms with van der Waals surface area (Å²) in [5.41, 5.74) is 1.29. The average Bonchev–Trinajstić information content (AvgIpc) is 3.18. The second-order valence-corrected chi connectivity index (χ2v) is 7.78. The molecule has 0 bridgehead atoms. The molecule has 1 spiro atoms. The zero-order valence-electron chi connectivity index (χ0n) is 15.6. The highest BCUT2D eigenvalue weighted by molar-refractivity contribution is 5.65. The minimum Gasteiger partial charge on any atom is -0.493 e. The van der Waals surface area contributed by atoms with Gasteiger partial charge >= 0.3 is 0 Å². The van der Waals surface area contributed by atoms with Gasteiger partial charge < -0.3 is 24.1 Å². The summed E-state index contributed by atoms with van der Waals surface area (Å²) in [4.78, 5) is 2.26. The van der Waals surface area contributed by atoms with E-state index in [0.29, 0.717) is 12.2 Å². The zero-order valence-corrected chi connectivity index (χ0v) is 15.6. The number of likely N-dealkylation sites (N-methyl/N-ethyl adjacent to an activating group) is 1. The summed E-state index contributed by atoms with van der Waals surface area (Å²) < 4.78 is 23.9. The van der Waals surface area contributed by atoms with Crippen LogP contribution in [-0.4, -0.2) is 68.5 Å². The summed E-state index contributed by atoms with van der Waals surface area (Å²) in [6.07, 6.45) is 4.53. The molecule has 2 aliphatic heterocycles. The van der Waals surface area contributed by atoms with Crippen molar-refractivity contribution in [2.75, 3.05) is 34.9 Å². The maximum atomic E-state index is 11.3. The first-order valence-corrected chi connectivity index (χ1v) is 9.07. The Morgan fingerprint density at radius 3 is 2.65 bits per heavy atom. The van der Waals surface area contributed by atoms with E-state index in [9.17, 15) is 5.11 Å². The Hall–Kier alpha value is -1.60. The van der Waals surface area contributed by atoms with Gasteiger partial charge in [-0.05, 0) is 37.7 Å². The Kier molecular flexibility index (Phi) is 3.19. The second kappa shape index (κ2) is 5.01. The van der Waals surface area contributed by atoms with Crippen molar-refractivity contribution in [2.24, 2.45) is 0 Å². The summed E-state index contributed by atoms with van der Waals surface area (Å²) in [5, 5.41) is 11.3. The molecule has 0 unspecified atom stereocenters. The number of hydrogen-bond acceptors (Lipinski definition) is 6. The highest BCUT2D eigenvalue weighted by atomic mass is 16.7. The number of benzene rings is 1. The van der Waals surface area contributed by atoms with E-state index in [-0.39, 0.29) is 0 Å². The molecule has 1 aromatic rings. The van der Waals surface area contributed by atoms with Crippen LogP contribution in [0, 0.1) is 0 Å². The largest absolute Gasteiger partial charge is 0.493 e. The van der Waals surface area contributed by atoms with E-state index < -0.39 is 28.9 Å². The molecule has 5 rings (SSSR count). The Balaban J connectivity index is 1.89. The lowest BCUT2D eigenvalue weighted by Crippen LogP contribution is -2.73. The molecular weight excluding hydrogens is 334 g/mol. The van der Waals surface area contributed by atoms with Crippen LogP contribution in [0.5, 0.6) is 11.5 Å². The summed E-state index contributed by atoms with van der Waals surface area (Å²) in [7, 11) is 7.01. The minimum atomic E-state index is -1.01. The SMILES string of the molecule is COc1ccc2c3c1O[C@H]1C(OC)(OC)C=C[C@@]4([C@@H](O)C2)N(C)CC[C@@]314. The van der Waals surface area contributed by atoms with Gasteiger partial charge in [0.15, 0.2) is 17.6 Å². The topological polar surface area (TPSA) is 60.4 Å². The normalized spacial score (nSPS) is 38.7. The molecule has 1 fully saturated rings. The smallest absolute Gasteiger partial charge is 0.226 e. The molecule has 1 N–H and O–H groups in total. The van der Waals surface area contributed by atoms with E-state index in [0.717, 1.165) is 29.8 Å². The minimum absolute atomic E-state index is 0.403. The molecule has 1 saturated heterocycles. The lowest BCUT2D eigenvalue weighted by Gasteiger charge is -2.57. The van der Waals surface area contributed by atoms with Gasteiger partial charge in [0.05, 0.1) is 24.2 Å². The molecule has 6 heteroatoms. The Bertz CT molecular complexity index is 804. The van der Waals surface area contributed by atoms with Gasteiger partial charge in [0.25, 0.3) is 0 Å². The van der Waals surface area contributed by atoms with Crippen LogP contribution in [0.25, 0.3) is 0 Å². The van der Waals surface area contributed by atoms with Gasteiger partial charge in [0.2, 0.25) is 5.79 Å². The van der Waals surface area contributed by atoms with Crippen molar-refractivity contribution in [3.05, 3.63) is 35.4 Å². The molecular formula is C20H25NO5. The molecule has 0 saturated carbocycles. The highest BCUT2D eigenvalue weighted by Gasteiger charge is 2.76. The van der Waals surface area contributed by atoms with E-state index in [2.05, 4.69) is 24.1 Å². The summed E-state index contributed by atoms with van der Waals surface area (Å²) in [5.74, 6) is 0.477. The predicted octanol–water partition coefficient (Wildman–Crippen LogP) is 1.24. The monoisotopic (exact) mass is 359 g/mol. The van der Waals surface area contributed by atoms with Crippen LogP contribution in [0.1, 0.15) is 17.5 Å². The van der Waals surface area contributed by atoms with Gasteiger partial charge in [0, 0.05) is 26.2 Å². The van der Waals surface area contributed by atoms with Crippen molar-refractivity contribution in [3.8, 4) is 11.5 Å². The van der Waals surface area contributed by atoms with Crippen molar-refractivity contribution in [1.82, 2.24) is 4.90 Å². The van der Waals surface area contributed by atoms with Gasteiger partial charge in [-0.2, -0.15) is 0 Å². The number of aliphatic hydroxyl groups excluding tert-OH is 1. The van der Waals surface area contributed by atoms with Crippen molar-refractivity contribution in [3.63, 3.8) is 0 Å². The number of likely N-dealkylation sites (tertiary alicyclic amines) is 1. The van der Waals surface area contributed by atoms with E-state index in [1.54, 1.807) is 21.3 Å². The standard InChI is InChI=1S/C20H25NO5/c1-21-10-9-18-15-12-5-6-13(23-2)16(15)26-17(18)20(24-3,25-4)8-7-19(18,21)14(22)11-12/h5-8,14,17,22H,9-11H2,1-4H3/t14-,17+,18+,19-/m0/s1. The van der Waals surface area contributed by atoms with E-state index in [1.165, 1.54) is 0 Å². The van der Waals surface area contributed by atoms with Crippen molar-refractivity contribution in [1.29, 1.82) is 0 Å². The van der Waals surface area contributed by atoms with Crippen LogP contribution in [0.2, 0.25) is 0 Å². The van der Waals surface area contributed by atoms with E-state index in [1.807, 2.05) is 12.1 Å². The van der Waals surface area contributed by atoms with Crippen LogP contribution >= 0.6 is 0 Å². The first kappa shape index (κ1) is 16.6. The molecule has 2 aliphatic carbocycles. The van der Waals surface area contributed by atoms with Crippen LogP contribution < -0.4 is 9.47 Å².